The standard InChI is InChI=1S/C19H26ClN3O5S/c1-28-16-5-4-15(20)11-17(16)29(26,27)23-8-2-3-14(12-23)19(25)22-9-6-13(7-10-22)18(21)24/h4-5,11,13-14H,2-3,6-10,12H2,1H3,(H2,21,24)/t14-/m0/s1. The van der Waals surface area contributed by atoms with Crippen LogP contribution < -0.4 is 10.5 Å². The van der Waals surface area contributed by atoms with Crippen LogP contribution in [-0.4, -0.2) is 62.7 Å². The Morgan fingerprint density at radius 2 is 1.83 bits per heavy atom. The number of benzene rings is 1. The molecular formula is C19H26ClN3O5S. The van der Waals surface area contributed by atoms with E-state index in [9.17, 15) is 18.0 Å². The van der Waals surface area contributed by atoms with Crippen molar-refractivity contribution in [1.82, 2.24) is 9.21 Å². The van der Waals surface area contributed by atoms with E-state index in [0.717, 1.165) is 0 Å². The van der Waals surface area contributed by atoms with E-state index in [1.54, 1.807) is 11.0 Å². The van der Waals surface area contributed by atoms with Crippen molar-refractivity contribution in [3.63, 3.8) is 0 Å². The number of amides is 2. The molecule has 2 aliphatic heterocycles. The van der Waals surface area contributed by atoms with Gasteiger partial charge >= 0.3 is 0 Å². The Labute approximate surface area is 176 Å². The number of halogens is 1. The number of carbonyl (C=O) groups is 2. The molecule has 1 aromatic carbocycles. The molecule has 2 aliphatic rings. The van der Waals surface area contributed by atoms with E-state index >= 15 is 0 Å². The van der Waals surface area contributed by atoms with E-state index in [2.05, 4.69) is 0 Å². The first-order chi connectivity index (χ1) is 13.7. The summed E-state index contributed by atoms with van der Waals surface area (Å²) in [7, 11) is -2.45. The molecule has 0 radical (unpaired) electrons. The van der Waals surface area contributed by atoms with Crippen LogP contribution in [0.1, 0.15) is 25.7 Å². The van der Waals surface area contributed by atoms with Crippen LogP contribution in [0, 0.1) is 11.8 Å². The van der Waals surface area contributed by atoms with Gasteiger partial charge in [-0.05, 0) is 43.9 Å². The molecule has 0 saturated carbocycles. The molecule has 2 heterocycles. The Kier molecular flexibility index (Phi) is 6.70. The van der Waals surface area contributed by atoms with E-state index in [-0.39, 0.29) is 34.9 Å². The SMILES string of the molecule is COc1ccc(Cl)cc1S(=O)(=O)N1CCC[C@H](C(=O)N2CCC(C(N)=O)CC2)C1. The van der Waals surface area contributed by atoms with E-state index in [0.29, 0.717) is 50.3 Å². The Hall–Kier alpha value is -1.84. The smallest absolute Gasteiger partial charge is 0.246 e. The van der Waals surface area contributed by atoms with Gasteiger partial charge in [-0.2, -0.15) is 4.31 Å². The van der Waals surface area contributed by atoms with Gasteiger partial charge in [0.25, 0.3) is 0 Å². The Balaban J connectivity index is 1.73. The summed E-state index contributed by atoms with van der Waals surface area (Å²) in [5.41, 5.74) is 5.35. The molecule has 10 heteroatoms. The highest BCUT2D eigenvalue weighted by molar-refractivity contribution is 7.89. The summed E-state index contributed by atoms with van der Waals surface area (Å²) in [5.74, 6) is -0.781. The number of rotatable bonds is 5. The minimum atomic E-state index is -3.85. The molecule has 2 saturated heterocycles. The van der Waals surface area contributed by atoms with E-state index < -0.39 is 15.9 Å². The molecule has 0 spiro atoms. The summed E-state index contributed by atoms with van der Waals surface area (Å²) >= 11 is 6.00. The van der Waals surface area contributed by atoms with Crippen LogP contribution in [0.4, 0.5) is 0 Å². The Morgan fingerprint density at radius 1 is 1.14 bits per heavy atom. The normalized spacial score (nSPS) is 21.7. The average molecular weight is 444 g/mol. The van der Waals surface area contributed by atoms with Gasteiger partial charge in [-0.1, -0.05) is 11.6 Å². The van der Waals surface area contributed by atoms with Crippen LogP contribution in [0.2, 0.25) is 5.02 Å². The van der Waals surface area contributed by atoms with E-state index in [4.69, 9.17) is 22.1 Å². The fourth-order valence-corrected chi connectivity index (χ4v) is 5.94. The second kappa shape index (κ2) is 8.89. The second-order valence-corrected chi connectivity index (χ2v) is 9.84. The molecule has 29 heavy (non-hydrogen) atoms. The lowest BCUT2D eigenvalue weighted by molar-refractivity contribution is -0.139. The van der Waals surface area contributed by atoms with E-state index in [1.807, 2.05) is 0 Å². The zero-order valence-electron chi connectivity index (χ0n) is 16.3. The van der Waals surface area contributed by atoms with Crippen molar-refractivity contribution >= 4 is 33.4 Å². The third-order valence-corrected chi connectivity index (χ3v) is 7.81. The molecule has 0 bridgehead atoms. The van der Waals surface area contributed by atoms with Crippen LogP contribution in [0.3, 0.4) is 0 Å². The number of carbonyl (C=O) groups excluding carboxylic acids is 2. The number of nitrogens with two attached hydrogens (primary N) is 1. The molecule has 0 aromatic heterocycles. The minimum Gasteiger partial charge on any atom is -0.495 e. The molecule has 0 unspecified atom stereocenters. The summed E-state index contributed by atoms with van der Waals surface area (Å²) in [6.45, 7) is 1.40. The number of methoxy groups -OCH3 is 1. The number of hydrogen-bond donors (Lipinski definition) is 1. The lowest BCUT2D eigenvalue weighted by Crippen LogP contribution is -2.49. The number of nitrogens with zero attached hydrogens (tertiary/aromatic N) is 2. The van der Waals surface area contributed by atoms with Crippen LogP contribution in [0.25, 0.3) is 0 Å². The molecule has 8 nitrogen and oxygen atoms in total. The predicted molar refractivity (Wildman–Crippen MR) is 108 cm³/mol. The van der Waals surface area contributed by atoms with Crippen LogP contribution in [0.15, 0.2) is 23.1 Å². The van der Waals surface area contributed by atoms with Gasteiger partial charge in [-0.3, -0.25) is 9.59 Å². The van der Waals surface area contributed by atoms with Crippen molar-refractivity contribution < 1.29 is 22.7 Å². The summed E-state index contributed by atoms with van der Waals surface area (Å²) in [6, 6.07) is 4.46. The summed E-state index contributed by atoms with van der Waals surface area (Å²) in [4.78, 5) is 26.0. The van der Waals surface area contributed by atoms with Crippen LogP contribution in [0.5, 0.6) is 5.75 Å². The van der Waals surface area contributed by atoms with Crippen molar-refractivity contribution in [3.8, 4) is 5.75 Å². The molecule has 0 aliphatic carbocycles. The molecule has 1 atom stereocenters. The molecule has 2 fully saturated rings. The van der Waals surface area contributed by atoms with Crippen molar-refractivity contribution in [1.29, 1.82) is 0 Å². The number of likely N-dealkylation sites (tertiary alicyclic amines) is 1. The van der Waals surface area contributed by atoms with Gasteiger partial charge in [0.05, 0.1) is 13.0 Å². The maximum Gasteiger partial charge on any atom is 0.246 e. The van der Waals surface area contributed by atoms with Crippen molar-refractivity contribution in [3.05, 3.63) is 23.2 Å². The topological polar surface area (TPSA) is 110 Å². The Bertz CT molecular complexity index is 884. The monoisotopic (exact) mass is 443 g/mol. The van der Waals surface area contributed by atoms with Gasteiger partial charge in [0, 0.05) is 37.1 Å². The number of hydrogen-bond acceptors (Lipinski definition) is 5. The van der Waals surface area contributed by atoms with Gasteiger partial charge in [0.1, 0.15) is 10.6 Å². The highest BCUT2D eigenvalue weighted by atomic mass is 35.5. The first-order valence-corrected chi connectivity index (χ1v) is 11.5. The zero-order chi connectivity index (χ0) is 21.2. The average Bonchev–Trinajstić information content (AvgIpc) is 2.73. The molecular weight excluding hydrogens is 418 g/mol. The molecule has 1 aromatic rings. The fraction of sp³-hybridized carbons (Fsp3) is 0.579. The largest absolute Gasteiger partial charge is 0.495 e. The number of sulfonamides is 1. The third kappa shape index (κ3) is 4.67. The fourth-order valence-electron chi connectivity index (χ4n) is 4.00. The van der Waals surface area contributed by atoms with Crippen molar-refractivity contribution in [2.75, 3.05) is 33.3 Å². The van der Waals surface area contributed by atoms with Gasteiger partial charge in [0.15, 0.2) is 0 Å². The van der Waals surface area contributed by atoms with Gasteiger partial charge in [-0.15, -0.1) is 0 Å². The van der Waals surface area contributed by atoms with Gasteiger partial charge < -0.3 is 15.4 Å². The molecule has 3 rings (SSSR count). The highest BCUT2D eigenvalue weighted by Gasteiger charge is 2.37. The lowest BCUT2D eigenvalue weighted by atomic mass is 9.93. The van der Waals surface area contributed by atoms with Gasteiger partial charge in [-0.25, -0.2) is 8.42 Å². The quantitative estimate of drug-likeness (QED) is 0.740. The minimum absolute atomic E-state index is 0.00266. The lowest BCUT2D eigenvalue weighted by Gasteiger charge is -2.37. The summed E-state index contributed by atoms with van der Waals surface area (Å²) in [5, 5.41) is 0.298. The zero-order valence-corrected chi connectivity index (χ0v) is 17.9. The maximum atomic E-state index is 13.2. The van der Waals surface area contributed by atoms with E-state index in [1.165, 1.54) is 23.5 Å². The van der Waals surface area contributed by atoms with Crippen molar-refractivity contribution in [2.45, 2.75) is 30.6 Å². The second-order valence-electron chi connectivity index (χ2n) is 7.50. The highest BCUT2D eigenvalue weighted by Crippen LogP contribution is 2.32. The third-order valence-electron chi connectivity index (χ3n) is 5.69. The number of primary amides is 1. The first-order valence-electron chi connectivity index (χ1n) is 9.66. The predicted octanol–water partition coefficient (Wildman–Crippen LogP) is 1.47. The number of piperidine rings is 2. The van der Waals surface area contributed by atoms with Crippen LogP contribution >= 0.6 is 11.6 Å². The molecule has 2 amide bonds. The Morgan fingerprint density at radius 3 is 2.45 bits per heavy atom. The summed E-state index contributed by atoms with van der Waals surface area (Å²) in [6.07, 6.45) is 2.33. The van der Waals surface area contributed by atoms with Crippen LogP contribution in [-0.2, 0) is 19.6 Å². The summed E-state index contributed by atoms with van der Waals surface area (Å²) < 4.78 is 32.9. The number of ether oxygens (including phenoxy) is 1. The van der Waals surface area contributed by atoms with Gasteiger partial charge in [0.2, 0.25) is 21.8 Å². The molecule has 2 N–H and O–H groups in total. The maximum absolute atomic E-state index is 13.2. The first kappa shape index (κ1) is 21.9. The van der Waals surface area contributed by atoms with Crippen molar-refractivity contribution in [2.24, 2.45) is 17.6 Å². The molecule has 160 valence electrons.